The molecule has 0 aliphatic rings. The minimum Gasteiger partial charge on any atom is -0.492 e. The number of hydrogen-bond donors (Lipinski definition) is 7. The number of benzene rings is 1. The maximum atomic E-state index is 10.3. The molecule has 0 radical (unpaired) electrons. The highest BCUT2D eigenvalue weighted by molar-refractivity contribution is 7.79. The zero-order valence-electron chi connectivity index (χ0n) is 18.7. The Morgan fingerprint density at radius 2 is 1.56 bits per heavy atom. The van der Waals surface area contributed by atoms with Gasteiger partial charge < -0.3 is 30.3 Å². The predicted molar refractivity (Wildman–Crippen MR) is 136 cm³/mol. The van der Waals surface area contributed by atoms with Crippen molar-refractivity contribution in [2.24, 2.45) is 0 Å². The normalized spacial score (nSPS) is 15.2. The van der Waals surface area contributed by atoms with Crippen LogP contribution in [0.25, 0.3) is 0 Å². The first kappa shape index (κ1) is 31.8. The Morgan fingerprint density at radius 1 is 0.906 bits per heavy atom. The lowest BCUT2D eigenvalue weighted by Gasteiger charge is -2.30. The third kappa shape index (κ3) is 11.3. The van der Waals surface area contributed by atoms with Crippen LogP contribution in [0.4, 0.5) is 0 Å². The van der Waals surface area contributed by atoms with Gasteiger partial charge in [-0.2, -0.15) is 25.3 Å². The lowest BCUT2D eigenvalue weighted by molar-refractivity contribution is -0.119. The number of ether oxygens (including phenoxy) is 1. The molecule has 0 aliphatic heterocycles. The van der Waals surface area contributed by atoms with Crippen molar-refractivity contribution in [1.29, 1.82) is 0 Å². The molecule has 0 fully saturated rings. The molecule has 10 heteroatoms. The van der Waals surface area contributed by atoms with Crippen molar-refractivity contribution in [3.63, 3.8) is 0 Å². The van der Waals surface area contributed by atoms with Crippen LogP contribution in [0.5, 0.6) is 5.75 Å². The van der Waals surface area contributed by atoms with Crippen LogP contribution in [0.15, 0.2) is 18.2 Å². The molecule has 0 aliphatic carbocycles. The fraction of sp³-hybridized carbons (Fsp3) is 0.727. The summed E-state index contributed by atoms with van der Waals surface area (Å²) in [5.41, 5.74) is 2.19. The van der Waals surface area contributed by atoms with E-state index in [1.54, 1.807) is 0 Å². The van der Waals surface area contributed by atoms with Gasteiger partial charge in [0.25, 0.3) is 0 Å². The Hall–Kier alpha value is -0.230. The first-order valence-electron chi connectivity index (χ1n) is 10.9. The first-order chi connectivity index (χ1) is 14.9. The number of halogens is 1. The van der Waals surface area contributed by atoms with Crippen LogP contribution in [0, 0.1) is 0 Å². The van der Waals surface area contributed by atoms with E-state index < -0.39 is 31.0 Å². The molecule has 0 bridgehead atoms. The highest BCUT2D eigenvalue weighted by Gasteiger charge is 2.31. The second-order valence-corrected chi connectivity index (χ2v) is 8.39. The van der Waals surface area contributed by atoms with Gasteiger partial charge in [0.1, 0.15) is 30.7 Å². The van der Waals surface area contributed by atoms with E-state index in [0.29, 0.717) is 31.2 Å². The lowest BCUT2D eigenvalue weighted by atomic mass is 10.0. The van der Waals surface area contributed by atoms with Crippen molar-refractivity contribution < 1.29 is 30.3 Å². The van der Waals surface area contributed by atoms with E-state index in [0.717, 1.165) is 42.6 Å². The molecule has 32 heavy (non-hydrogen) atoms. The quantitative estimate of drug-likeness (QED) is 0.125. The number of unbranched alkanes of at least 4 members (excludes halogenated alkanes) is 3. The molecule has 0 amide bonds. The minimum absolute atomic E-state index is 0. The van der Waals surface area contributed by atoms with Crippen LogP contribution in [0.3, 0.4) is 0 Å². The molecule has 0 spiro atoms. The van der Waals surface area contributed by atoms with Gasteiger partial charge in [0.15, 0.2) is 0 Å². The van der Waals surface area contributed by atoms with Gasteiger partial charge in [-0.05, 0) is 36.2 Å². The Balaban J connectivity index is 0.00000961. The summed E-state index contributed by atoms with van der Waals surface area (Å²) in [4.78, 5) is 1.98. The van der Waals surface area contributed by atoms with Gasteiger partial charge in [0, 0.05) is 24.6 Å². The fourth-order valence-corrected chi connectivity index (χ4v) is 3.88. The molecule has 7 nitrogen and oxygen atoms in total. The molecule has 188 valence electrons. The van der Waals surface area contributed by atoms with Crippen molar-refractivity contribution >= 4 is 37.7 Å². The van der Waals surface area contributed by atoms with E-state index in [2.05, 4.69) is 32.2 Å². The zero-order valence-corrected chi connectivity index (χ0v) is 21.3. The Kier molecular flexibility index (Phi) is 18.0. The maximum absolute atomic E-state index is 10.3. The SMILES string of the molecule is CCCCCCN(CCOc1ccc(CS)c(CS)c1)C[C@H](O)[C@@H](O)[C@H](O)[C@H](O)CO.Cl. The molecule has 0 heterocycles. The van der Waals surface area contributed by atoms with Gasteiger partial charge in [-0.25, -0.2) is 0 Å². The third-order valence-corrected chi connectivity index (χ3v) is 5.97. The summed E-state index contributed by atoms with van der Waals surface area (Å²) < 4.78 is 5.88. The Morgan fingerprint density at radius 3 is 2.16 bits per heavy atom. The molecule has 5 N–H and O–H groups in total. The number of hydrogen-bond acceptors (Lipinski definition) is 9. The van der Waals surface area contributed by atoms with E-state index in [9.17, 15) is 20.4 Å². The molecule has 0 saturated carbocycles. The average molecular weight is 514 g/mol. The number of aliphatic hydroxyl groups is 5. The fourth-order valence-electron chi connectivity index (χ4n) is 3.28. The molecule has 0 aromatic heterocycles. The standard InChI is InChI=1S/C22H39NO6S2.ClH/c1-2-3-4-5-8-23(12-19(25)21(27)22(28)20(26)13-24)9-10-29-18-7-6-16(14-30)17(11-18)15-31;/h6-7,11,19-22,24-28,30-31H,2-5,8-10,12-15H2,1H3;1H/t19-,20+,21+,22+;/m0./s1. The van der Waals surface area contributed by atoms with Gasteiger partial charge in [-0.3, -0.25) is 4.90 Å². The molecule has 1 aromatic carbocycles. The Bertz CT molecular complexity index is 616. The van der Waals surface area contributed by atoms with Crippen LogP contribution in [0.2, 0.25) is 0 Å². The predicted octanol–water partition coefficient (Wildman–Crippen LogP) is 1.67. The zero-order chi connectivity index (χ0) is 23.2. The van der Waals surface area contributed by atoms with Gasteiger partial charge >= 0.3 is 0 Å². The summed E-state index contributed by atoms with van der Waals surface area (Å²) in [6.45, 7) is 3.19. The molecule has 1 rings (SSSR count). The average Bonchev–Trinajstić information content (AvgIpc) is 2.79. The summed E-state index contributed by atoms with van der Waals surface area (Å²) in [5, 5.41) is 48.8. The third-order valence-electron chi connectivity index (χ3n) is 5.29. The van der Waals surface area contributed by atoms with Crippen LogP contribution in [-0.2, 0) is 11.5 Å². The minimum atomic E-state index is -1.62. The summed E-state index contributed by atoms with van der Waals surface area (Å²) >= 11 is 8.67. The lowest BCUT2D eigenvalue weighted by Crippen LogP contribution is -2.50. The monoisotopic (exact) mass is 513 g/mol. The summed E-state index contributed by atoms with van der Waals surface area (Å²) in [5.74, 6) is 1.98. The van der Waals surface area contributed by atoms with Crippen molar-refractivity contribution in [2.45, 2.75) is 68.5 Å². The first-order valence-corrected chi connectivity index (χ1v) is 12.2. The van der Waals surface area contributed by atoms with Crippen molar-refractivity contribution in [1.82, 2.24) is 4.90 Å². The summed E-state index contributed by atoms with van der Waals surface area (Å²) in [6.07, 6.45) is -1.71. The summed E-state index contributed by atoms with van der Waals surface area (Å²) in [6, 6.07) is 5.83. The molecule has 0 saturated heterocycles. The van der Waals surface area contributed by atoms with Crippen molar-refractivity contribution in [2.75, 3.05) is 32.8 Å². The van der Waals surface area contributed by atoms with Crippen LogP contribution in [0.1, 0.15) is 43.7 Å². The number of thiol groups is 2. The number of aliphatic hydroxyl groups excluding tert-OH is 5. The topological polar surface area (TPSA) is 114 Å². The molecule has 4 atom stereocenters. The molecular weight excluding hydrogens is 474 g/mol. The summed E-state index contributed by atoms with van der Waals surface area (Å²) in [7, 11) is 0. The Labute approximate surface area is 209 Å². The largest absolute Gasteiger partial charge is 0.492 e. The smallest absolute Gasteiger partial charge is 0.119 e. The number of nitrogens with zero attached hydrogens (tertiary/aromatic N) is 1. The molecule has 0 unspecified atom stereocenters. The van der Waals surface area contributed by atoms with Crippen LogP contribution < -0.4 is 4.74 Å². The van der Waals surface area contributed by atoms with Crippen molar-refractivity contribution in [3.8, 4) is 5.75 Å². The molecule has 1 aromatic rings. The van der Waals surface area contributed by atoms with Crippen molar-refractivity contribution in [3.05, 3.63) is 29.3 Å². The van der Waals surface area contributed by atoms with E-state index in [-0.39, 0.29) is 19.0 Å². The van der Waals surface area contributed by atoms with Gasteiger partial charge in [-0.1, -0.05) is 32.3 Å². The second-order valence-electron chi connectivity index (χ2n) is 7.75. The van der Waals surface area contributed by atoms with E-state index in [1.165, 1.54) is 0 Å². The molecular formula is C22H40ClNO6S2. The maximum Gasteiger partial charge on any atom is 0.119 e. The van der Waals surface area contributed by atoms with E-state index in [1.807, 2.05) is 23.1 Å². The van der Waals surface area contributed by atoms with Gasteiger partial charge in [0.05, 0.1) is 12.7 Å². The van der Waals surface area contributed by atoms with E-state index >= 15 is 0 Å². The van der Waals surface area contributed by atoms with E-state index in [4.69, 9.17) is 9.84 Å². The second kappa shape index (κ2) is 18.1. The number of rotatable bonds is 17. The highest BCUT2D eigenvalue weighted by atomic mass is 35.5. The highest BCUT2D eigenvalue weighted by Crippen LogP contribution is 2.21. The van der Waals surface area contributed by atoms with Gasteiger partial charge in [-0.15, -0.1) is 12.4 Å². The van der Waals surface area contributed by atoms with Crippen LogP contribution >= 0.6 is 37.7 Å². The van der Waals surface area contributed by atoms with Crippen LogP contribution in [-0.4, -0.2) is 87.7 Å². The van der Waals surface area contributed by atoms with Gasteiger partial charge in [0.2, 0.25) is 0 Å².